The van der Waals surface area contributed by atoms with E-state index in [0.29, 0.717) is 30.3 Å². The summed E-state index contributed by atoms with van der Waals surface area (Å²) >= 11 is 0. The molecule has 2 atom stereocenters. The minimum Gasteiger partial charge on any atom is -0.497 e. The number of hydrogen-bond acceptors (Lipinski definition) is 3. The maximum Gasteiger partial charge on any atom is 0.162 e. The van der Waals surface area contributed by atoms with Crippen molar-refractivity contribution in [2.75, 3.05) is 14.2 Å². The number of ether oxygens (including phenoxy) is 1. The maximum absolute atomic E-state index is 12.7. The van der Waals surface area contributed by atoms with Crippen LogP contribution in [0.3, 0.4) is 0 Å². The Morgan fingerprint density at radius 3 is 2.82 bits per heavy atom. The summed E-state index contributed by atoms with van der Waals surface area (Å²) in [5, 5.41) is 0. The van der Waals surface area contributed by atoms with Gasteiger partial charge < -0.3 is 4.74 Å². The number of benzene rings is 1. The van der Waals surface area contributed by atoms with Crippen molar-refractivity contribution in [1.29, 1.82) is 0 Å². The highest BCUT2D eigenvalue weighted by Gasteiger charge is 2.35. The van der Waals surface area contributed by atoms with Crippen LogP contribution in [0.5, 0.6) is 5.75 Å². The van der Waals surface area contributed by atoms with E-state index in [4.69, 9.17) is 4.74 Å². The van der Waals surface area contributed by atoms with Crippen LogP contribution >= 0.6 is 0 Å². The van der Waals surface area contributed by atoms with Gasteiger partial charge in [0.1, 0.15) is 5.75 Å². The fraction of sp³-hybridized carbons (Fsp3) is 0.360. The number of aliphatic imine (C=N–C) groups is 1. The predicted molar refractivity (Wildman–Crippen MR) is 118 cm³/mol. The molecule has 0 saturated heterocycles. The number of fused-ring (bicyclic) bond motifs is 1. The normalized spacial score (nSPS) is 21.1. The van der Waals surface area contributed by atoms with Gasteiger partial charge in [0.15, 0.2) is 5.78 Å². The fourth-order valence-electron chi connectivity index (χ4n) is 3.61. The first-order valence-electron chi connectivity index (χ1n) is 9.90. The molecule has 0 bridgehead atoms. The van der Waals surface area contributed by atoms with Crippen LogP contribution in [-0.2, 0) is 11.2 Å². The molecule has 3 heteroatoms. The summed E-state index contributed by atoms with van der Waals surface area (Å²) < 4.78 is 5.35. The van der Waals surface area contributed by atoms with Gasteiger partial charge in [0.05, 0.1) is 12.8 Å². The SMILES string of the molecule is C=C(Cc1cc(OC)ccc1C)/C(=C/C(=NC)C1=CC2CC2C=C1)C(=O)CC.[HH]. The maximum atomic E-state index is 12.7. The molecule has 0 heterocycles. The second kappa shape index (κ2) is 8.55. The van der Waals surface area contributed by atoms with Gasteiger partial charge in [0.2, 0.25) is 0 Å². The summed E-state index contributed by atoms with van der Waals surface area (Å²) in [4.78, 5) is 17.2. The number of allylic oxidation sites excluding steroid dienone is 7. The zero-order valence-electron chi connectivity index (χ0n) is 17.3. The smallest absolute Gasteiger partial charge is 0.162 e. The topological polar surface area (TPSA) is 38.7 Å². The molecule has 1 aromatic carbocycles. The minimum atomic E-state index is 0. The quantitative estimate of drug-likeness (QED) is 0.343. The molecule has 2 aliphatic carbocycles. The molecule has 3 nitrogen and oxygen atoms in total. The van der Waals surface area contributed by atoms with Crippen molar-refractivity contribution in [3.05, 3.63) is 76.9 Å². The number of carbonyl (C=O) groups is 1. The van der Waals surface area contributed by atoms with E-state index in [9.17, 15) is 4.79 Å². The molecule has 2 unspecified atom stereocenters. The standard InChI is InChI=1S/C25H29NO2.H2/c1-6-25(27)23(15-24(26-4)19-9-8-18-12-21(18)13-19)17(3)11-20-14-22(28-5)10-7-16(20)2;/h7-10,13-15,18,21H,3,6,11-12H2,1-2,4-5H3;1H/b23-15-,26-24?;. The Balaban J connectivity index is 0.00000300. The predicted octanol–water partition coefficient (Wildman–Crippen LogP) is 5.46. The summed E-state index contributed by atoms with van der Waals surface area (Å²) in [7, 11) is 3.44. The first-order chi connectivity index (χ1) is 13.5. The highest BCUT2D eigenvalue weighted by Crippen LogP contribution is 2.44. The largest absolute Gasteiger partial charge is 0.497 e. The summed E-state index contributed by atoms with van der Waals surface area (Å²) in [6.07, 6.45) is 10.9. The van der Waals surface area contributed by atoms with Crippen molar-refractivity contribution in [3.8, 4) is 5.75 Å². The first-order valence-corrected chi connectivity index (χ1v) is 9.90. The second-order valence-electron chi connectivity index (χ2n) is 7.56. The zero-order valence-corrected chi connectivity index (χ0v) is 17.3. The Morgan fingerprint density at radius 2 is 2.18 bits per heavy atom. The van der Waals surface area contributed by atoms with Gasteiger partial charge in [-0.2, -0.15) is 0 Å². The van der Waals surface area contributed by atoms with E-state index in [1.807, 2.05) is 31.2 Å². The van der Waals surface area contributed by atoms with Crippen molar-refractivity contribution in [2.45, 2.75) is 33.1 Å². The van der Waals surface area contributed by atoms with E-state index in [1.165, 1.54) is 6.42 Å². The average molecular weight is 378 g/mol. The van der Waals surface area contributed by atoms with E-state index < -0.39 is 0 Å². The number of rotatable bonds is 8. The van der Waals surface area contributed by atoms with Crippen molar-refractivity contribution < 1.29 is 11.0 Å². The third-order valence-corrected chi connectivity index (χ3v) is 5.59. The molecular weight excluding hydrogens is 346 g/mol. The van der Waals surface area contributed by atoms with E-state index in [2.05, 4.69) is 36.7 Å². The molecule has 1 fully saturated rings. The highest BCUT2D eigenvalue weighted by atomic mass is 16.5. The van der Waals surface area contributed by atoms with Crippen molar-refractivity contribution in [2.24, 2.45) is 16.8 Å². The lowest BCUT2D eigenvalue weighted by atomic mass is 9.91. The van der Waals surface area contributed by atoms with E-state index in [1.54, 1.807) is 14.2 Å². The average Bonchev–Trinajstić information content (AvgIpc) is 3.48. The number of nitrogens with zero attached hydrogens (tertiary/aromatic N) is 1. The van der Waals surface area contributed by atoms with Gasteiger partial charge in [0.25, 0.3) is 0 Å². The Morgan fingerprint density at radius 1 is 1.39 bits per heavy atom. The zero-order chi connectivity index (χ0) is 20.3. The number of aryl methyl sites for hydroxylation is 1. The van der Waals surface area contributed by atoms with Crippen LogP contribution in [0.1, 0.15) is 32.3 Å². The molecule has 0 radical (unpaired) electrons. The Bertz CT molecular complexity index is 921. The third kappa shape index (κ3) is 4.41. The molecule has 3 rings (SSSR count). The van der Waals surface area contributed by atoms with Gasteiger partial charge >= 0.3 is 0 Å². The van der Waals surface area contributed by atoms with Gasteiger partial charge in [0, 0.05) is 20.5 Å². The number of ketones is 1. The second-order valence-corrected chi connectivity index (χ2v) is 7.56. The molecule has 0 spiro atoms. The van der Waals surface area contributed by atoms with E-state index in [-0.39, 0.29) is 7.21 Å². The first kappa shape index (κ1) is 20.1. The molecule has 0 amide bonds. The summed E-state index contributed by atoms with van der Waals surface area (Å²) in [6.45, 7) is 8.20. The lowest BCUT2D eigenvalue weighted by molar-refractivity contribution is -0.115. The molecular formula is C25H31NO2. The van der Waals surface area contributed by atoms with Crippen LogP contribution in [0.25, 0.3) is 0 Å². The number of Topliss-reactive ketones (excluding diaryl/α,β-unsaturated/α-hetero) is 1. The van der Waals surface area contributed by atoms with Crippen molar-refractivity contribution in [1.82, 2.24) is 0 Å². The van der Waals surface area contributed by atoms with Crippen LogP contribution in [-0.4, -0.2) is 25.7 Å². The van der Waals surface area contributed by atoms with Gasteiger partial charge in [-0.15, -0.1) is 0 Å². The number of methoxy groups -OCH3 is 1. The molecule has 0 N–H and O–H groups in total. The van der Waals surface area contributed by atoms with Crippen LogP contribution in [0.2, 0.25) is 0 Å². The summed E-state index contributed by atoms with van der Waals surface area (Å²) in [5.41, 5.74) is 5.71. The van der Waals surface area contributed by atoms with Crippen molar-refractivity contribution >= 4 is 11.5 Å². The molecule has 1 aromatic rings. The molecule has 148 valence electrons. The number of carbonyl (C=O) groups excluding carboxylic acids is 1. The molecule has 1 saturated carbocycles. The minimum absolute atomic E-state index is 0. The molecule has 2 aliphatic rings. The van der Waals surface area contributed by atoms with Gasteiger partial charge in [-0.05, 0) is 72.1 Å². The third-order valence-electron chi connectivity index (χ3n) is 5.59. The summed E-state index contributed by atoms with van der Waals surface area (Å²) in [5.74, 6) is 2.25. The monoisotopic (exact) mass is 377 g/mol. The van der Waals surface area contributed by atoms with E-state index in [0.717, 1.165) is 33.7 Å². The molecule has 0 aromatic heterocycles. The molecule has 28 heavy (non-hydrogen) atoms. The highest BCUT2D eigenvalue weighted by molar-refractivity contribution is 6.15. The van der Waals surface area contributed by atoms with Crippen LogP contribution in [0.4, 0.5) is 0 Å². The Kier molecular flexibility index (Phi) is 6.13. The van der Waals surface area contributed by atoms with Crippen LogP contribution in [0.15, 0.2) is 70.8 Å². The fourth-order valence-corrected chi connectivity index (χ4v) is 3.61. The Hall–Kier alpha value is -2.68. The van der Waals surface area contributed by atoms with Gasteiger partial charge in [-0.3, -0.25) is 9.79 Å². The molecule has 0 aliphatic heterocycles. The lowest BCUT2D eigenvalue weighted by Gasteiger charge is -2.14. The summed E-state index contributed by atoms with van der Waals surface area (Å²) in [6, 6.07) is 6.00. The van der Waals surface area contributed by atoms with E-state index >= 15 is 0 Å². The number of hydrogen-bond donors (Lipinski definition) is 0. The van der Waals surface area contributed by atoms with Crippen LogP contribution in [0, 0.1) is 18.8 Å². The lowest BCUT2D eigenvalue weighted by Crippen LogP contribution is -2.10. The van der Waals surface area contributed by atoms with Gasteiger partial charge in [-0.1, -0.05) is 37.8 Å². The van der Waals surface area contributed by atoms with Crippen LogP contribution < -0.4 is 4.74 Å². The van der Waals surface area contributed by atoms with Gasteiger partial charge in [-0.25, -0.2) is 0 Å². The van der Waals surface area contributed by atoms with Crippen molar-refractivity contribution in [3.63, 3.8) is 0 Å². The Labute approximate surface area is 169 Å².